The molecule has 0 aliphatic heterocycles. The maximum Gasteiger partial charge on any atom is 0.420 e. The van der Waals surface area contributed by atoms with Crippen molar-refractivity contribution < 1.29 is 23.4 Å². The molecule has 0 saturated carbocycles. The van der Waals surface area contributed by atoms with Crippen molar-refractivity contribution in [1.82, 2.24) is 4.98 Å². The number of alkyl halides is 3. The van der Waals surface area contributed by atoms with Crippen LogP contribution in [0, 0.1) is 0 Å². The first-order valence-corrected chi connectivity index (χ1v) is 2.85. The number of rotatable bonds is 0. The van der Waals surface area contributed by atoms with Gasteiger partial charge < -0.3 is 5.11 Å². The highest BCUT2D eigenvalue weighted by atomic mass is 19.4. The Balaban J connectivity index is 3.26. The fourth-order valence-electron chi connectivity index (χ4n) is 0.660. The van der Waals surface area contributed by atoms with Gasteiger partial charge in [0.25, 0.3) is 11.6 Å². The molecule has 12 heavy (non-hydrogen) atoms. The summed E-state index contributed by atoms with van der Waals surface area (Å²) in [5.41, 5.74) is -1.41. The van der Waals surface area contributed by atoms with E-state index in [0.29, 0.717) is 6.07 Å². The summed E-state index contributed by atoms with van der Waals surface area (Å²) in [4.78, 5) is 3.00. The number of pyridine rings is 1. The van der Waals surface area contributed by atoms with E-state index >= 15 is 0 Å². The third-order valence-electron chi connectivity index (χ3n) is 1.19. The first-order chi connectivity index (χ1) is 5.43. The molecule has 1 aromatic rings. The van der Waals surface area contributed by atoms with Gasteiger partial charge in [-0.05, 0) is 6.07 Å². The van der Waals surface area contributed by atoms with E-state index in [1.165, 1.54) is 0 Å². The summed E-state index contributed by atoms with van der Waals surface area (Å²) in [6, 6.07) is 0.516. The Bertz CT molecular complexity index is 297. The van der Waals surface area contributed by atoms with E-state index in [4.69, 9.17) is 5.11 Å². The van der Waals surface area contributed by atoms with Crippen LogP contribution in [0.4, 0.5) is 13.2 Å². The van der Waals surface area contributed by atoms with Crippen LogP contribution in [0.3, 0.4) is 0 Å². The molecule has 1 radical (unpaired) electrons. The van der Waals surface area contributed by atoms with Crippen LogP contribution in [0.1, 0.15) is 5.56 Å². The standard InChI is InChI=1S/C6H3F3NO2/c7-6(8,9)3-1-2-10-5(12)4(3)11/h1-2H,(H,10,12). The van der Waals surface area contributed by atoms with Gasteiger partial charge >= 0.3 is 6.18 Å². The first kappa shape index (κ1) is 8.63. The smallest absolute Gasteiger partial charge is 0.420 e. The Hall–Kier alpha value is -1.46. The molecular formula is C6H3F3NO2. The lowest BCUT2D eigenvalue weighted by Gasteiger charge is -2.06. The van der Waals surface area contributed by atoms with E-state index in [1.807, 2.05) is 0 Å². The quantitative estimate of drug-likeness (QED) is 0.660. The molecule has 0 aliphatic carbocycles. The SMILES string of the molecule is [O]c1c(C(F)(F)F)ccnc1O. The Morgan fingerprint density at radius 2 is 2.00 bits per heavy atom. The molecule has 0 amide bonds. The maximum absolute atomic E-state index is 11.9. The summed E-state index contributed by atoms with van der Waals surface area (Å²) >= 11 is 0. The van der Waals surface area contributed by atoms with Gasteiger partial charge in [0.15, 0.2) is 0 Å². The summed E-state index contributed by atoms with van der Waals surface area (Å²) in [5.74, 6) is -2.63. The molecule has 0 aliphatic rings. The molecule has 1 aromatic heterocycles. The van der Waals surface area contributed by atoms with Crippen LogP contribution in [-0.2, 0) is 11.3 Å². The summed E-state index contributed by atoms with van der Waals surface area (Å²) in [6.07, 6.45) is -4.02. The van der Waals surface area contributed by atoms with Gasteiger partial charge in [-0.15, -0.1) is 0 Å². The van der Waals surface area contributed by atoms with Crippen molar-refractivity contribution in [3.8, 4) is 11.6 Å². The third kappa shape index (κ3) is 1.41. The minimum Gasteiger partial charge on any atom is -0.490 e. The van der Waals surface area contributed by atoms with E-state index in [0.717, 1.165) is 6.20 Å². The highest BCUT2D eigenvalue weighted by molar-refractivity contribution is 5.40. The second-order valence-electron chi connectivity index (χ2n) is 2.01. The van der Waals surface area contributed by atoms with Crippen LogP contribution in [0.25, 0.3) is 0 Å². The molecule has 1 heterocycles. The van der Waals surface area contributed by atoms with Gasteiger partial charge in [0, 0.05) is 6.20 Å². The lowest BCUT2D eigenvalue weighted by Crippen LogP contribution is -2.04. The number of aromatic hydroxyl groups is 1. The molecule has 65 valence electrons. The predicted octanol–water partition coefficient (Wildman–Crippen LogP) is 1.95. The van der Waals surface area contributed by atoms with Crippen molar-refractivity contribution in [2.24, 2.45) is 0 Å². The van der Waals surface area contributed by atoms with Gasteiger partial charge in [-0.2, -0.15) is 13.2 Å². The molecule has 0 bridgehead atoms. The molecule has 0 atom stereocenters. The average Bonchev–Trinajstić information content (AvgIpc) is 1.92. The number of aromatic nitrogens is 1. The lowest BCUT2D eigenvalue weighted by molar-refractivity contribution is -0.139. The van der Waals surface area contributed by atoms with Crippen LogP contribution in [0.2, 0.25) is 0 Å². The number of halogens is 3. The van der Waals surface area contributed by atoms with Gasteiger partial charge in [-0.3, -0.25) is 5.11 Å². The normalized spacial score (nSPS) is 11.6. The zero-order valence-electron chi connectivity index (χ0n) is 5.59. The molecule has 0 unspecified atom stereocenters. The summed E-state index contributed by atoms with van der Waals surface area (Å²) in [6.45, 7) is 0. The fraction of sp³-hybridized carbons (Fsp3) is 0.167. The Kier molecular flexibility index (Phi) is 1.83. The molecule has 1 N–H and O–H groups in total. The van der Waals surface area contributed by atoms with E-state index < -0.39 is 23.4 Å². The Morgan fingerprint density at radius 3 is 2.42 bits per heavy atom. The summed E-state index contributed by atoms with van der Waals surface area (Å²) < 4.78 is 35.7. The molecule has 0 spiro atoms. The van der Waals surface area contributed by atoms with Gasteiger partial charge in [-0.1, -0.05) is 0 Å². The molecule has 1 rings (SSSR count). The van der Waals surface area contributed by atoms with E-state index in [-0.39, 0.29) is 0 Å². The number of hydrogen-bond acceptors (Lipinski definition) is 2. The Morgan fingerprint density at radius 1 is 1.42 bits per heavy atom. The number of nitrogens with zero attached hydrogens (tertiary/aromatic N) is 1. The van der Waals surface area contributed by atoms with Gasteiger partial charge in [0.05, 0.1) is 0 Å². The van der Waals surface area contributed by atoms with Crippen LogP contribution >= 0.6 is 0 Å². The van der Waals surface area contributed by atoms with Gasteiger partial charge in [0.1, 0.15) is 5.56 Å². The second-order valence-corrected chi connectivity index (χ2v) is 2.01. The van der Waals surface area contributed by atoms with Crippen molar-refractivity contribution in [2.45, 2.75) is 6.18 Å². The second kappa shape index (κ2) is 2.54. The van der Waals surface area contributed by atoms with E-state index in [1.54, 1.807) is 0 Å². The summed E-state index contributed by atoms with van der Waals surface area (Å²) in [7, 11) is 0. The average molecular weight is 178 g/mol. The first-order valence-electron chi connectivity index (χ1n) is 2.85. The lowest BCUT2D eigenvalue weighted by atomic mass is 10.2. The third-order valence-corrected chi connectivity index (χ3v) is 1.19. The zero-order chi connectivity index (χ0) is 9.35. The maximum atomic E-state index is 11.9. The van der Waals surface area contributed by atoms with E-state index in [9.17, 15) is 18.3 Å². The fourth-order valence-corrected chi connectivity index (χ4v) is 0.660. The highest BCUT2D eigenvalue weighted by Gasteiger charge is 2.36. The molecule has 0 fully saturated rings. The highest BCUT2D eigenvalue weighted by Crippen LogP contribution is 2.39. The van der Waals surface area contributed by atoms with Crippen LogP contribution < -0.4 is 0 Å². The molecular weight excluding hydrogens is 175 g/mol. The largest absolute Gasteiger partial charge is 0.490 e. The molecule has 3 nitrogen and oxygen atoms in total. The van der Waals surface area contributed by atoms with Crippen molar-refractivity contribution in [1.29, 1.82) is 0 Å². The zero-order valence-corrected chi connectivity index (χ0v) is 5.59. The number of hydrogen-bond donors (Lipinski definition) is 1. The van der Waals surface area contributed by atoms with Crippen LogP contribution in [0.15, 0.2) is 12.3 Å². The van der Waals surface area contributed by atoms with Crippen molar-refractivity contribution in [3.63, 3.8) is 0 Å². The molecule has 0 aromatic carbocycles. The predicted molar refractivity (Wildman–Crippen MR) is 31.0 cm³/mol. The molecule has 0 saturated heterocycles. The van der Waals surface area contributed by atoms with Gasteiger partial charge in [-0.25, -0.2) is 4.98 Å². The minimum absolute atomic E-state index is 0.516. The van der Waals surface area contributed by atoms with E-state index in [2.05, 4.69) is 4.98 Å². The van der Waals surface area contributed by atoms with Crippen LogP contribution in [-0.4, -0.2) is 10.1 Å². The Labute approximate surface area is 65.1 Å². The van der Waals surface area contributed by atoms with Crippen molar-refractivity contribution in [2.75, 3.05) is 0 Å². The minimum atomic E-state index is -4.74. The topological polar surface area (TPSA) is 53.0 Å². The monoisotopic (exact) mass is 178 g/mol. The molecule has 6 heteroatoms. The van der Waals surface area contributed by atoms with Crippen LogP contribution in [0.5, 0.6) is 11.6 Å². The summed E-state index contributed by atoms with van der Waals surface area (Å²) in [5, 5.41) is 19.1. The van der Waals surface area contributed by atoms with Crippen molar-refractivity contribution in [3.05, 3.63) is 17.8 Å². The van der Waals surface area contributed by atoms with Crippen molar-refractivity contribution >= 4 is 0 Å². The van der Waals surface area contributed by atoms with Gasteiger partial charge in [0.2, 0.25) is 0 Å².